The number of nitrogens with zero attached hydrogens (tertiary/aromatic N) is 1. The smallest absolute Gasteiger partial charge is 0.306 e. The normalized spacial score (nSPS) is 18.4. The van der Waals surface area contributed by atoms with E-state index in [-0.39, 0.29) is 17.9 Å². The number of rotatable bonds is 6. The minimum atomic E-state index is -0.750. The highest BCUT2D eigenvalue weighted by Gasteiger charge is 2.27. The SMILES string of the molecule is C[C@@H](NCC(=O)N1CCC(C(=O)O)CC1)[C@@H](C)c1ccccc1. The lowest BCUT2D eigenvalue weighted by Crippen LogP contribution is -2.46. The molecule has 5 heteroatoms. The monoisotopic (exact) mass is 318 g/mol. The molecular weight excluding hydrogens is 292 g/mol. The van der Waals surface area contributed by atoms with E-state index in [1.165, 1.54) is 5.56 Å². The molecule has 0 aromatic heterocycles. The second kappa shape index (κ2) is 8.11. The lowest BCUT2D eigenvalue weighted by molar-refractivity contribution is -0.145. The van der Waals surface area contributed by atoms with Crippen LogP contribution in [0.3, 0.4) is 0 Å². The third-order valence-electron chi connectivity index (χ3n) is 4.85. The molecule has 1 heterocycles. The van der Waals surface area contributed by atoms with Crippen molar-refractivity contribution < 1.29 is 14.7 Å². The van der Waals surface area contributed by atoms with Crippen molar-refractivity contribution in [2.45, 2.75) is 38.6 Å². The summed E-state index contributed by atoms with van der Waals surface area (Å²) in [5.41, 5.74) is 1.25. The molecule has 2 N–H and O–H groups in total. The number of carbonyl (C=O) groups excluding carboxylic acids is 1. The summed E-state index contributed by atoms with van der Waals surface area (Å²) in [6.07, 6.45) is 1.11. The van der Waals surface area contributed by atoms with Gasteiger partial charge in [0.15, 0.2) is 0 Å². The zero-order valence-corrected chi connectivity index (χ0v) is 13.9. The summed E-state index contributed by atoms with van der Waals surface area (Å²) in [6, 6.07) is 10.4. The van der Waals surface area contributed by atoms with Crippen molar-refractivity contribution in [1.82, 2.24) is 10.2 Å². The lowest BCUT2D eigenvalue weighted by atomic mass is 9.94. The Morgan fingerprint density at radius 3 is 2.39 bits per heavy atom. The molecule has 0 spiro atoms. The molecule has 0 radical (unpaired) electrons. The zero-order chi connectivity index (χ0) is 16.8. The molecule has 1 aliphatic heterocycles. The van der Waals surface area contributed by atoms with Gasteiger partial charge in [0.1, 0.15) is 0 Å². The largest absolute Gasteiger partial charge is 0.481 e. The quantitative estimate of drug-likeness (QED) is 0.843. The Morgan fingerprint density at radius 1 is 1.22 bits per heavy atom. The molecule has 5 nitrogen and oxygen atoms in total. The van der Waals surface area contributed by atoms with Crippen molar-refractivity contribution in [3.8, 4) is 0 Å². The molecule has 0 bridgehead atoms. The van der Waals surface area contributed by atoms with Crippen LogP contribution < -0.4 is 5.32 Å². The fourth-order valence-electron chi connectivity index (χ4n) is 2.96. The Balaban J connectivity index is 1.77. The van der Waals surface area contributed by atoms with Crippen molar-refractivity contribution in [3.05, 3.63) is 35.9 Å². The van der Waals surface area contributed by atoms with E-state index in [1.807, 2.05) is 18.2 Å². The molecule has 0 saturated carbocycles. The van der Waals surface area contributed by atoms with E-state index in [1.54, 1.807) is 4.90 Å². The first kappa shape index (κ1) is 17.5. The number of nitrogens with one attached hydrogen (secondary N) is 1. The van der Waals surface area contributed by atoms with Crippen LogP contribution in [0.4, 0.5) is 0 Å². The van der Waals surface area contributed by atoms with E-state index < -0.39 is 5.97 Å². The van der Waals surface area contributed by atoms with Gasteiger partial charge in [0.05, 0.1) is 12.5 Å². The van der Waals surface area contributed by atoms with Crippen molar-refractivity contribution in [2.75, 3.05) is 19.6 Å². The molecule has 2 rings (SSSR count). The summed E-state index contributed by atoms with van der Waals surface area (Å²) in [6.45, 7) is 5.62. The van der Waals surface area contributed by atoms with Gasteiger partial charge in [0.25, 0.3) is 0 Å². The predicted molar refractivity (Wildman–Crippen MR) is 89.3 cm³/mol. The Hall–Kier alpha value is -1.88. The van der Waals surface area contributed by atoms with Crippen LogP contribution in [0.5, 0.6) is 0 Å². The molecule has 0 unspecified atom stereocenters. The third kappa shape index (κ3) is 4.79. The molecule has 0 aliphatic carbocycles. The van der Waals surface area contributed by atoms with Gasteiger partial charge in [-0.15, -0.1) is 0 Å². The summed E-state index contributed by atoms with van der Waals surface area (Å²) in [4.78, 5) is 25.0. The number of benzene rings is 1. The maximum absolute atomic E-state index is 12.3. The lowest BCUT2D eigenvalue weighted by Gasteiger charge is -2.31. The molecular formula is C18H26N2O3. The summed E-state index contributed by atoms with van der Waals surface area (Å²) < 4.78 is 0. The topological polar surface area (TPSA) is 69.6 Å². The average molecular weight is 318 g/mol. The molecule has 1 aromatic carbocycles. The average Bonchev–Trinajstić information content (AvgIpc) is 2.59. The van der Waals surface area contributed by atoms with Gasteiger partial charge in [-0.1, -0.05) is 37.3 Å². The Morgan fingerprint density at radius 2 is 1.83 bits per heavy atom. The van der Waals surface area contributed by atoms with Crippen molar-refractivity contribution >= 4 is 11.9 Å². The van der Waals surface area contributed by atoms with Gasteiger partial charge >= 0.3 is 5.97 Å². The first-order valence-electron chi connectivity index (χ1n) is 8.28. The minimum absolute atomic E-state index is 0.0564. The highest BCUT2D eigenvalue weighted by Crippen LogP contribution is 2.19. The molecule has 1 fully saturated rings. The van der Waals surface area contributed by atoms with Crippen LogP contribution in [0, 0.1) is 5.92 Å². The van der Waals surface area contributed by atoms with Gasteiger partial charge < -0.3 is 15.3 Å². The molecule has 2 atom stereocenters. The highest BCUT2D eigenvalue weighted by molar-refractivity contribution is 5.79. The van der Waals surface area contributed by atoms with E-state index >= 15 is 0 Å². The maximum Gasteiger partial charge on any atom is 0.306 e. The van der Waals surface area contributed by atoms with Crippen molar-refractivity contribution in [1.29, 1.82) is 0 Å². The first-order valence-corrected chi connectivity index (χ1v) is 8.28. The summed E-state index contributed by atoms with van der Waals surface area (Å²) in [5.74, 6) is -0.674. The van der Waals surface area contributed by atoms with Gasteiger partial charge in [-0.2, -0.15) is 0 Å². The molecule has 23 heavy (non-hydrogen) atoms. The summed E-state index contributed by atoms with van der Waals surface area (Å²) in [5, 5.41) is 12.3. The van der Waals surface area contributed by atoms with Crippen LogP contribution in [-0.2, 0) is 9.59 Å². The number of aliphatic carboxylic acids is 1. The van der Waals surface area contributed by atoms with E-state index in [2.05, 4.69) is 31.3 Å². The van der Waals surface area contributed by atoms with Gasteiger partial charge in [-0.3, -0.25) is 9.59 Å². The number of amides is 1. The fraction of sp³-hybridized carbons (Fsp3) is 0.556. The molecule has 1 amide bonds. The third-order valence-corrected chi connectivity index (χ3v) is 4.85. The van der Waals surface area contributed by atoms with Gasteiger partial charge in [-0.05, 0) is 31.2 Å². The van der Waals surface area contributed by atoms with Gasteiger partial charge in [-0.25, -0.2) is 0 Å². The molecule has 1 aliphatic rings. The van der Waals surface area contributed by atoms with Crippen LogP contribution in [0.25, 0.3) is 0 Å². The predicted octanol–water partition coefficient (Wildman–Crippen LogP) is 2.09. The second-order valence-corrected chi connectivity index (χ2v) is 6.36. The molecule has 126 valence electrons. The number of carboxylic acid groups (broad SMARTS) is 1. The fourth-order valence-corrected chi connectivity index (χ4v) is 2.96. The summed E-state index contributed by atoms with van der Waals surface area (Å²) >= 11 is 0. The zero-order valence-electron chi connectivity index (χ0n) is 13.9. The Bertz CT molecular complexity index is 524. The highest BCUT2D eigenvalue weighted by atomic mass is 16.4. The van der Waals surface area contributed by atoms with Crippen LogP contribution >= 0.6 is 0 Å². The van der Waals surface area contributed by atoms with E-state index in [4.69, 9.17) is 5.11 Å². The minimum Gasteiger partial charge on any atom is -0.481 e. The first-order chi connectivity index (χ1) is 11.0. The van der Waals surface area contributed by atoms with Crippen LogP contribution in [0.15, 0.2) is 30.3 Å². The van der Waals surface area contributed by atoms with E-state index in [0.717, 1.165) is 0 Å². The number of piperidine rings is 1. The molecule has 1 aromatic rings. The van der Waals surface area contributed by atoms with Crippen LogP contribution in [-0.4, -0.2) is 47.6 Å². The number of hydrogen-bond donors (Lipinski definition) is 2. The number of hydrogen-bond acceptors (Lipinski definition) is 3. The van der Waals surface area contributed by atoms with Crippen molar-refractivity contribution in [3.63, 3.8) is 0 Å². The Kier molecular flexibility index (Phi) is 6.16. The summed E-state index contributed by atoms with van der Waals surface area (Å²) in [7, 11) is 0. The molecule has 1 saturated heterocycles. The van der Waals surface area contributed by atoms with Crippen LogP contribution in [0.2, 0.25) is 0 Å². The number of likely N-dealkylation sites (tertiary alicyclic amines) is 1. The Labute approximate surface area is 137 Å². The van der Waals surface area contributed by atoms with Gasteiger partial charge in [0.2, 0.25) is 5.91 Å². The second-order valence-electron chi connectivity index (χ2n) is 6.36. The van der Waals surface area contributed by atoms with E-state index in [9.17, 15) is 9.59 Å². The van der Waals surface area contributed by atoms with Gasteiger partial charge in [0, 0.05) is 19.1 Å². The maximum atomic E-state index is 12.3. The standard InChI is InChI=1S/C18H26N2O3/c1-13(15-6-4-3-5-7-15)14(2)19-12-17(21)20-10-8-16(9-11-20)18(22)23/h3-7,13-14,16,19H,8-12H2,1-2H3,(H,22,23)/t13-,14-/m1/s1. The van der Waals surface area contributed by atoms with E-state index in [0.29, 0.717) is 38.4 Å². The number of carbonyl (C=O) groups is 2. The van der Waals surface area contributed by atoms with Crippen molar-refractivity contribution in [2.24, 2.45) is 5.92 Å². The van der Waals surface area contributed by atoms with Crippen LogP contribution in [0.1, 0.15) is 38.2 Å². The number of carboxylic acids is 1.